The number of ether oxygens (including phenoxy) is 1. The van der Waals surface area contributed by atoms with E-state index >= 15 is 0 Å². The third-order valence-electron chi connectivity index (χ3n) is 2.05. The average Bonchev–Trinajstić information content (AvgIpc) is 2.27. The second-order valence-corrected chi connectivity index (χ2v) is 3.58. The number of alkyl halides is 4. The van der Waals surface area contributed by atoms with Gasteiger partial charge in [-0.1, -0.05) is 6.07 Å². The number of hydrogen-bond acceptors (Lipinski definition) is 3. The van der Waals surface area contributed by atoms with Crippen LogP contribution < -0.4 is 4.74 Å². The smallest absolute Gasteiger partial charge is 0.340 e. The van der Waals surface area contributed by atoms with Crippen LogP contribution in [-0.4, -0.2) is 23.9 Å². The van der Waals surface area contributed by atoms with Gasteiger partial charge in [-0.3, -0.25) is 10.1 Å². The van der Waals surface area contributed by atoms with Gasteiger partial charge >= 0.3 is 18.0 Å². The van der Waals surface area contributed by atoms with Crippen molar-refractivity contribution >= 4 is 5.69 Å². The minimum absolute atomic E-state index is 0.467. The Labute approximate surface area is 99.3 Å². The van der Waals surface area contributed by atoms with E-state index in [1.165, 1.54) is 6.07 Å². The number of halogens is 4. The number of aryl methyl sites for hydroxylation is 1. The lowest BCUT2D eigenvalue weighted by atomic mass is 10.2. The molecule has 4 nitrogen and oxygen atoms in total. The van der Waals surface area contributed by atoms with Gasteiger partial charge in [-0.05, 0) is 18.6 Å². The van der Waals surface area contributed by atoms with Crippen LogP contribution in [0.3, 0.4) is 0 Å². The van der Waals surface area contributed by atoms with E-state index in [0.29, 0.717) is 5.56 Å². The lowest BCUT2D eigenvalue weighted by Gasteiger charge is -2.15. The van der Waals surface area contributed by atoms with Crippen molar-refractivity contribution in [2.45, 2.75) is 19.3 Å². The fourth-order valence-corrected chi connectivity index (χ4v) is 1.13. The minimum atomic E-state index is -4.35. The summed E-state index contributed by atoms with van der Waals surface area (Å²) in [7, 11) is 0. The quantitative estimate of drug-likeness (QED) is 0.467. The minimum Gasteiger partial charge on any atom is -0.480 e. The molecule has 100 valence electrons. The Morgan fingerprint density at radius 2 is 2.06 bits per heavy atom. The first-order valence-electron chi connectivity index (χ1n) is 4.78. The zero-order valence-corrected chi connectivity index (χ0v) is 9.20. The predicted molar refractivity (Wildman–Crippen MR) is 54.3 cm³/mol. The van der Waals surface area contributed by atoms with Gasteiger partial charge in [0.25, 0.3) is 0 Å². The Morgan fingerprint density at radius 1 is 1.44 bits per heavy atom. The molecule has 0 saturated carbocycles. The first-order valence-corrected chi connectivity index (χ1v) is 4.78. The third kappa shape index (κ3) is 3.31. The summed E-state index contributed by atoms with van der Waals surface area (Å²) in [6.07, 6.45) is -3.89. The molecule has 0 heterocycles. The molecule has 0 atom stereocenters. The van der Waals surface area contributed by atoms with E-state index in [0.717, 1.165) is 12.1 Å². The van der Waals surface area contributed by atoms with Gasteiger partial charge in [0.15, 0.2) is 12.4 Å². The molecule has 1 aromatic carbocycles. The van der Waals surface area contributed by atoms with E-state index in [2.05, 4.69) is 4.74 Å². The number of nitrogens with zero attached hydrogens (tertiary/aromatic N) is 1. The van der Waals surface area contributed by atoms with Crippen LogP contribution in [0.5, 0.6) is 5.75 Å². The van der Waals surface area contributed by atoms with Crippen molar-refractivity contribution in [3.63, 3.8) is 0 Å². The molecular weight excluding hydrogens is 258 g/mol. The van der Waals surface area contributed by atoms with Crippen LogP contribution in [-0.2, 0) is 0 Å². The van der Waals surface area contributed by atoms with E-state index in [1.807, 2.05) is 0 Å². The zero-order valence-electron chi connectivity index (χ0n) is 9.20. The van der Waals surface area contributed by atoms with Crippen LogP contribution in [0.4, 0.5) is 23.2 Å². The van der Waals surface area contributed by atoms with E-state index in [9.17, 15) is 27.7 Å². The second-order valence-electron chi connectivity index (χ2n) is 3.58. The lowest BCUT2D eigenvalue weighted by Crippen LogP contribution is -2.33. The molecule has 0 amide bonds. The molecule has 0 spiro atoms. The Balaban J connectivity index is 2.89. The first kappa shape index (κ1) is 14.2. The van der Waals surface area contributed by atoms with Crippen LogP contribution >= 0.6 is 0 Å². The van der Waals surface area contributed by atoms with E-state index in [4.69, 9.17) is 0 Å². The van der Waals surface area contributed by atoms with Crippen molar-refractivity contribution in [3.8, 4) is 5.75 Å². The summed E-state index contributed by atoms with van der Waals surface area (Å²) in [5.41, 5.74) is -0.0188. The first-order chi connectivity index (χ1) is 8.24. The van der Waals surface area contributed by atoms with Gasteiger partial charge in [-0.15, -0.1) is 0 Å². The van der Waals surface area contributed by atoms with Crippen molar-refractivity contribution < 1.29 is 27.2 Å². The monoisotopic (exact) mass is 267 g/mol. The van der Waals surface area contributed by atoms with Crippen molar-refractivity contribution in [1.82, 2.24) is 0 Å². The molecule has 18 heavy (non-hydrogen) atoms. The molecule has 0 fully saturated rings. The van der Waals surface area contributed by atoms with Gasteiger partial charge in [0.2, 0.25) is 0 Å². The van der Waals surface area contributed by atoms with E-state index in [-0.39, 0.29) is 0 Å². The van der Waals surface area contributed by atoms with Crippen molar-refractivity contribution in [2.24, 2.45) is 0 Å². The van der Waals surface area contributed by atoms with Crippen molar-refractivity contribution in [3.05, 3.63) is 33.9 Å². The van der Waals surface area contributed by atoms with Gasteiger partial charge < -0.3 is 4.74 Å². The molecule has 1 aromatic rings. The summed E-state index contributed by atoms with van der Waals surface area (Å²) in [6.45, 7) is -0.0564. The van der Waals surface area contributed by atoms with Crippen LogP contribution in [0.25, 0.3) is 0 Å². The standard InChI is InChI=1S/C10H9F4NO3/c1-6-2-3-8(7(4-6)15(16)17)18-5-10(13,14)9(11)12/h2-4,9H,5H2,1H3. The van der Waals surface area contributed by atoms with Gasteiger partial charge in [0, 0.05) is 6.07 Å². The molecule has 0 bridgehead atoms. The number of nitro benzene ring substituents is 1. The zero-order chi connectivity index (χ0) is 13.9. The highest BCUT2D eigenvalue weighted by Gasteiger charge is 2.42. The Hall–Kier alpha value is -1.86. The van der Waals surface area contributed by atoms with Crippen LogP contribution in [0, 0.1) is 17.0 Å². The lowest BCUT2D eigenvalue weighted by molar-refractivity contribution is -0.386. The second kappa shape index (κ2) is 5.19. The SMILES string of the molecule is Cc1ccc(OCC(F)(F)C(F)F)c([N+](=O)[O-])c1. The van der Waals surface area contributed by atoms with Gasteiger partial charge in [0.05, 0.1) is 4.92 Å². The molecule has 0 aliphatic rings. The highest BCUT2D eigenvalue weighted by atomic mass is 19.3. The van der Waals surface area contributed by atoms with Gasteiger partial charge in [-0.2, -0.15) is 8.78 Å². The van der Waals surface area contributed by atoms with Crippen LogP contribution in [0.2, 0.25) is 0 Å². The number of nitro groups is 1. The summed E-state index contributed by atoms with van der Waals surface area (Å²) >= 11 is 0. The molecule has 0 N–H and O–H groups in total. The highest BCUT2D eigenvalue weighted by molar-refractivity contribution is 5.48. The van der Waals surface area contributed by atoms with Gasteiger partial charge in [0.1, 0.15) is 0 Å². The van der Waals surface area contributed by atoms with Crippen LogP contribution in [0.15, 0.2) is 18.2 Å². The summed E-state index contributed by atoms with van der Waals surface area (Å²) < 4.78 is 53.4. The average molecular weight is 267 g/mol. The fourth-order valence-electron chi connectivity index (χ4n) is 1.13. The molecule has 1 rings (SSSR count). The maximum absolute atomic E-state index is 12.6. The maximum atomic E-state index is 12.6. The summed E-state index contributed by atoms with van der Waals surface area (Å²) in [5, 5.41) is 10.6. The number of rotatable bonds is 5. The maximum Gasteiger partial charge on any atom is 0.340 e. The molecule has 0 radical (unpaired) electrons. The predicted octanol–water partition coefficient (Wildman–Crippen LogP) is 3.18. The van der Waals surface area contributed by atoms with Crippen molar-refractivity contribution in [1.29, 1.82) is 0 Å². The summed E-state index contributed by atoms with van der Waals surface area (Å²) in [6, 6.07) is 3.59. The normalized spacial score (nSPS) is 11.7. The highest BCUT2D eigenvalue weighted by Crippen LogP contribution is 2.30. The number of hydrogen-bond donors (Lipinski definition) is 0. The molecule has 8 heteroatoms. The van der Waals surface area contributed by atoms with E-state index < -0.39 is 35.3 Å². The van der Waals surface area contributed by atoms with E-state index in [1.54, 1.807) is 6.92 Å². The fraction of sp³-hybridized carbons (Fsp3) is 0.400. The van der Waals surface area contributed by atoms with Crippen LogP contribution in [0.1, 0.15) is 5.56 Å². The molecule has 0 saturated heterocycles. The Bertz CT molecular complexity index is 451. The largest absolute Gasteiger partial charge is 0.480 e. The van der Waals surface area contributed by atoms with Crippen molar-refractivity contribution in [2.75, 3.05) is 6.61 Å². The molecular formula is C10H9F4NO3. The Morgan fingerprint density at radius 3 is 2.56 bits per heavy atom. The molecule has 0 aromatic heterocycles. The third-order valence-corrected chi connectivity index (χ3v) is 2.05. The summed E-state index contributed by atoms with van der Waals surface area (Å²) in [5.74, 6) is -4.82. The molecule has 0 aliphatic heterocycles. The summed E-state index contributed by atoms with van der Waals surface area (Å²) in [4.78, 5) is 9.79. The van der Waals surface area contributed by atoms with Gasteiger partial charge in [-0.25, -0.2) is 8.78 Å². The topological polar surface area (TPSA) is 52.4 Å². The molecule has 0 unspecified atom stereocenters. The molecule has 0 aliphatic carbocycles. The number of benzene rings is 1. The Kier molecular flexibility index (Phi) is 4.10.